The molecule has 5 nitrogen and oxygen atoms in total. The van der Waals surface area contributed by atoms with Gasteiger partial charge in [-0.25, -0.2) is 4.79 Å². The van der Waals surface area contributed by atoms with Gasteiger partial charge < -0.3 is 9.73 Å². The van der Waals surface area contributed by atoms with E-state index in [-0.39, 0.29) is 15.7 Å². The SMILES string of the molecule is Cc1ccc(-c2cc3ccccc3oc2=O)cc1NC(=S)NC(=O)c1cc(Cl)ccc1Cl. The average molecular weight is 483 g/mol. The van der Waals surface area contributed by atoms with Gasteiger partial charge >= 0.3 is 5.63 Å². The van der Waals surface area contributed by atoms with Crippen LogP contribution in [0.15, 0.2) is 75.9 Å². The van der Waals surface area contributed by atoms with Crippen LogP contribution in [0, 0.1) is 6.92 Å². The topological polar surface area (TPSA) is 71.3 Å². The standard InChI is InChI=1S/C24H16Cl2N2O3S/c1-13-6-7-14(17-10-15-4-2-3-5-21(15)31-23(17)30)11-20(13)27-24(32)28-22(29)18-12-16(25)8-9-19(18)26/h2-12H,1H3,(H2,27,28,29,32). The molecule has 0 unspecified atom stereocenters. The van der Waals surface area contributed by atoms with Crippen LogP contribution in [0.25, 0.3) is 22.1 Å². The van der Waals surface area contributed by atoms with E-state index in [1.165, 1.54) is 12.1 Å². The molecule has 4 rings (SSSR count). The molecule has 2 N–H and O–H groups in total. The third-order valence-electron chi connectivity index (χ3n) is 4.84. The molecule has 1 aromatic heterocycles. The van der Waals surface area contributed by atoms with Crippen molar-refractivity contribution in [3.8, 4) is 11.1 Å². The van der Waals surface area contributed by atoms with Crippen molar-refractivity contribution in [3.63, 3.8) is 0 Å². The fraction of sp³-hybridized carbons (Fsp3) is 0.0417. The van der Waals surface area contributed by atoms with E-state index in [0.717, 1.165) is 10.9 Å². The van der Waals surface area contributed by atoms with Gasteiger partial charge in [0.15, 0.2) is 5.11 Å². The number of aryl methyl sites for hydroxylation is 1. The number of carbonyl (C=O) groups is 1. The van der Waals surface area contributed by atoms with Gasteiger partial charge in [0.1, 0.15) is 5.58 Å². The molecule has 160 valence electrons. The molecule has 0 spiro atoms. The molecule has 0 atom stereocenters. The summed E-state index contributed by atoms with van der Waals surface area (Å²) >= 11 is 17.3. The van der Waals surface area contributed by atoms with Gasteiger partial charge in [0, 0.05) is 16.1 Å². The summed E-state index contributed by atoms with van der Waals surface area (Å²) in [6.45, 7) is 1.88. The second kappa shape index (κ2) is 9.12. The van der Waals surface area contributed by atoms with Crippen LogP contribution in [-0.4, -0.2) is 11.0 Å². The Balaban J connectivity index is 1.59. The predicted molar refractivity (Wildman–Crippen MR) is 133 cm³/mol. The zero-order valence-corrected chi connectivity index (χ0v) is 19.1. The summed E-state index contributed by atoms with van der Waals surface area (Å²) in [6, 6.07) is 19.2. The first-order chi connectivity index (χ1) is 15.3. The van der Waals surface area contributed by atoms with Gasteiger partial charge in [-0.05, 0) is 66.7 Å². The van der Waals surface area contributed by atoms with E-state index in [9.17, 15) is 9.59 Å². The van der Waals surface area contributed by atoms with Crippen LogP contribution >= 0.6 is 35.4 Å². The summed E-state index contributed by atoms with van der Waals surface area (Å²) in [4.78, 5) is 25.0. The molecule has 0 saturated carbocycles. The smallest absolute Gasteiger partial charge is 0.344 e. The van der Waals surface area contributed by atoms with E-state index in [1.54, 1.807) is 24.3 Å². The first kappa shape index (κ1) is 22.0. The van der Waals surface area contributed by atoms with Crippen LogP contribution in [-0.2, 0) is 0 Å². The quantitative estimate of drug-likeness (QED) is 0.268. The Hall–Kier alpha value is -3.19. The number of carbonyl (C=O) groups excluding carboxylic acids is 1. The average Bonchev–Trinajstić information content (AvgIpc) is 2.76. The number of para-hydroxylation sites is 1. The molecule has 0 fully saturated rings. The Morgan fingerprint density at radius 3 is 2.59 bits per heavy atom. The highest BCUT2D eigenvalue weighted by Gasteiger charge is 2.14. The second-order valence-electron chi connectivity index (χ2n) is 7.05. The zero-order chi connectivity index (χ0) is 22.8. The molecule has 0 bridgehead atoms. The van der Waals surface area contributed by atoms with Gasteiger partial charge in [-0.15, -0.1) is 0 Å². The minimum Gasteiger partial charge on any atom is -0.422 e. The van der Waals surface area contributed by atoms with E-state index in [1.807, 2.05) is 37.3 Å². The number of thiocarbonyl (C=S) groups is 1. The Kier molecular flexibility index (Phi) is 6.28. The second-order valence-corrected chi connectivity index (χ2v) is 8.30. The van der Waals surface area contributed by atoms with Crippen molar-refractivity contribution in [1.82, 2.24) is 5.32 Å². The van der Waals surface area contributed by atoms with Crippen molar-refractivity contribution in [2.24, 2.45) is 0 Å². The minimum atomic E-state index is -0.487. The first-order valence-corrected chi connectivity index (χ1v) is 10.7. The Morgan fingerprint density at radius 1 is 1.00 bits per heavy atom. The lowest BCUT2D eigenvalue weighted by molar-refractivity contribution is 0.0978. The van der Waals surface area contributed by atoms with Gasteiger partial charge in [0.05, 0.1) is 16.1 Å². The monoisotopic (exact) mass is 482 g/mol. The third kappa shape index (κ3) is 4.67. The van der Waals surface area contributed by atoms with Gasteiger partial charge in [0.25, 0.3) is 5.91 Å². The number of nitrogens with one attached hydrogen (secondary N) is 2. The largest absolute Gasteiger partial charge is 0.422 e. The molecule has 0 aliphatic carbocycles. The summed E-state index contributed by atoms with van der Waals surface area (Å²) < 4.78 is 5.44. The molecule has 8 heteroatoms. The normalized spacial score (nSPS) is 10.7. The van der Waals surface area contributed by atoms with Crippen molar-refractivity contribution in [2.45, 2.75) is 6.92 Å². The fourth-order valence-electron chi connectivity index (χ4n) is 3.18. The number of rotatable bonds is 3. The molecular weight excluding hydrogens is 467 g/mol. The molecule has 0 saturated heterocycles. The lowest BCUT2D eigenvalue weighted by Gasteiger charge is -2.14. The number of hydrogen-bond donors (Lipinski definition) is 2. The lowest BCUT2D eigenvalue weighted by atomic mass is 10.0. The van der Waals surface area contributed by atoms with Gasteiger partial charge in [-0.3, -0.25) is 10.1 Å². The highest BCUT2D eigenvalue weighted by atomic mass is 35.5. The van der Waals surface area contributed by atoms with E-state index >= 15 is 0 Å². The van der Waals surface area contributed by atoms with Crippen LogP contribution in [0.2, 0.25) is 10.0 Å². The molecule has 4 aromatic rings. The minimum absolute atomic E-state index is 0.0804. The van der Waals surface area contributed by atoms with E-state index in [2.05, 4.69) is 10.6 Å². The van der Waals surface area contributed by atoms with Gasteiger partial charge in [0.2, 0.25) is 0 Å². The predicted octanol–water partition coefficient (Wildman–Crippen LogP) is 6.20. The number of hydrogen-bond acceptors (Lipinski definition) is 4. The van der Waals surface area contributed by atoms with E-state index in [4.69, 9.17) is 39.8 Å². The highest BCUT2D eigenvalue weighted by molar-refractivity contribution is 7.80. The Morgan fingerprint density at radius 2 is 1.78 bits per heavy atom. The molecular formula is C24H16Cl2N2O3S. The first-order valence-electron chi connectivity index (χ1n) is 9.53. The molecule has 1 amide bonds. The fourth-order valence-corrected chi connectivity index (χ4v) is 3.76. The summed E-state index contributed by atoms with van der Waals surface area (Å²) in [6.07, 6.45) is 0. The summed E-state index contributed by atoms with van der Waals surface area (Å²) in [7, 11) is 0. The van der Waals surface area contributed by atoms with Crippen molar-refractivity contribution in [1.29, 1.82) is 0 Å². The summed E-state index contributed by atoms with van der Waals surface area (Å²) in [5.41, 5.74) is 2.88. The lowest BCUT2D eigenvalue weighted by Crippen LogP contribution is -2.34. The van der Waals surface area contributed by atoms with E-state index < -0.39 is 11.5 Å². The molecule has 32 heavy (non-hydrogen) atoms. The maximum absolute atomic E-state index is 12.5. The van der Waals surface area contributed by atoms with Crippen LogP contribution < -0.4 is 16.3 Å². The highest BCUT2D eigenvalue weighted by Crippen LogP contribution is 2.26. The molecule has 0 radical (unpaired) electrons. The van der Waals surface area contributed by atoms with Gasteiger partial charge in [-0.1, -0.05) is 53.5 Å². The molecule has 0 aliphatic rings. The van der Waals surface area contributed by atoms with Crippen LogP contribution in [0.4, 0.5) is 5.69 Å². The summed E-state index contributed by atoms with van der Waals surface area (Å²) in [5, 5.41) is 7.14. The van der Waals surface area contributed by atoms with Crippen LogP contribution in [0.5, 0.6) is 0 Å². The van der Waals surface area contributed by atoms with Crippen molar-refractivity contribution >= 4 is 63.1 Å². The van der Waals surface area contributed by atoms with Crippen molar-refractivity contribution in [2.75, 3.05) is 5.32 Å². The van der Waals surface area contributed by atoms with Crippen LogP contribution in [0.1, 0.15) is 15.9 Å². The zero-order valence-electron chi connectivity index (χ0n) is 16.7. The number of benzene rings is 3. The molecule has 3 aromatic carbocycles. The maximum atomic E-state index is 12.5. The Bertz CT molecular complexity index is 1430. The number of amides is 1. The number of anilines is 1. The number of fused-ring (bicyclic) bond motifs is 1. The Labute approximate surface area is 199 Å². The van der Waals surface area contributed by atoms with Gasteiger partial charge in [-0.2, -0.15) is 0 Å². The maximum Gasteiger partial charge on any atom is 0.344 e. The number of halogens is 2. The van der Waals surface area contributed by atoms with E-state index in [0.29, 0.717) is 27.4 Å². The molecule has 1 heterocycles. The summed E-state index contributed by atoms with van der Waals surface area (Å²) in [5.74, 6) is -0.487. The third-order valence-corrected chi connectivity index (χ3v) is 5.61. The van der Waals surface area contributed by atoms with Crippen molar-refractivity contribution < 1.29 is 9.21 Å². The van der Waals surface area contributed by atoms with Crippen LogP contribution in [0.3, 0.4) is 0 Å². The molecule has 0 aliphatic heterocycles. The van der Waals surface area contributed by atoms with Crippen molar-refractivity contribution in [3.05, 3.63) is 98.3 Å².